The van der Waals surface area contributed by atoms with E-state index in [9.17, 15) is 18.0 Å². The SMILES string of the molecule is CNS(=O)(=O)c1cccc(C(=O)N2CCC[C@@H](C(=O)O)C2)c1. The van der Waals surface area contributed by atoms with Crippen LogP contribution in [-0.2, 0) is 14.8 Å². The van der Waals surface area contributed by atoms with Crippen LogP contribution in [0.3, 0.4) is 0 Å². The van der Waals surface area contributed by atoms with Crippen LogP contribution in [0.25, 0.3) is 0 Å². The third-order valence-corrected chi connectivity index (χ3v) is 5.13. The van der Waals surface area contributed by atoms with Crippen LogP contribution in [0, 0.1) is 5.92 Å². The first-order valence-corrected chi connectivity index (χ1v) is 8.39. The highest BCUT2D eigenvalue weighted by Crippen LogP contribution is 2.20. The van der Waals surface area contributed by atoms with Gasteiger partial charge in [-0.3, -0.25) is 9.59 Å². The van der Waals surface area contributed by atoms with Crippen molar-refractivity contribution in [2.24, 2.45) is 5.92 Å². The number of aliphatic carboxylic acids is 1. The lowest BCUT2D eigenvalue weighted by Gasteiger charge is -2.30. The van der Waals surface area contributed by atoms with Gasteiger partial charge in [-0.25, -0.2) is 13.1 Å². The summed E-state index contributed by atoms with van der Waals surface area (Å²) in [5.41, 5.74) is 0.238. The largest absolute Gasteiger partial charge is 0.481 e. The van der Waals surface area contributed by atoms with Gasteiger partial charge in [0.15, 0.2) is 0 Å². The first-order valence-electron chi connectivity index (χ1n) is 6.91. The second kappa shape index (κ2) is 6.45. The summed E-state index contributed by atoms with van der Waals surface area (Å²) in [6, 6.07) is 5.73. The minimum absolute atomic E-state index is 0.00708. The van der Waals surface area contributed by atoms with Crippen molar-refractivity contribution in [3.8, 4) is 0 Å². The smallest absolute Gasteiger partial charge is 0.308 e. The molecule has 0 saturated carbocycles. The summed E-state index contributed by atoms with van der Waals surface area (Å²) in [6.45, 7) is 0.628. The van der Waals surface area contributed by atoms with E-state index < -0.39 is 21.9 Å². The molecule has 1 aromatic rings. The van der Waals surface area contributed by atoms with Crippen molar-refractivity contribution in [1.82, 2.24) is 9.62 Å². The Kier molecular flexibility index (Phi) is 4.82. The van der Waals surface area contributed by atoms with Crippen LogP contribution in [0.1, 0.15) is 23.2 Å². The van der Waals surface area contributed by atoms with E-state index in [1.54, 1.807) is 0 Å². The van der Waals surface area contributed by atoms with Gasteiger partial charge in [-0.1, -0.05) is 6.07 Å². The molecule has 2 rings (SSSR count). The Bertz CT molecular complexity index is 686. The second-order valence-electron chi connectivity index (χ2n) is 5.16. The standard InChI is InChI=1S/C14H18N2O5S/c1-15-22(20,21)12-6-2-4-10(8-12)13(17)16-7-3-5-11(9-16)14(18)19/h2,4,6,8,11,15H,3,5,7,9H2,1H3,(H,18,19)/t11-/m1/s1. The van der Waals surface area contributed by atoms with Crippen molar-refractivity contribution in [2.45, 2.75) is 17.7 Å². The van der Waals surface area contributed by atoms with E-state index >= 15 is 0 Å². The van der Waals surface area contributed by atoms with Crippen molar-refractivity contribution in [1.29, 1.82) is 0 Å². The zero-order chi connectivity index (χ0) is 16.3. The summed E-state index contributed by atoms with van der Waals surface area (Å²) in [6.07, 6.45) is 1.17. The van der Waals surface area contributed by atoms with Gasteiger partial charge in [0.1, 0.15) is 0 Å². The number of likely N-dealkylation sites (tertiary alicyclic amines) is 1. The highest BCUT2D eigenvalue weighted by Gasteiger charge is 2.29. The zero-order valence-electron chi connectivity index (χ0n) is 12.2. The summed E-state index contributed by atoms with van der Waals surface area (Å²) in [7, 11) is -2.33. The van der Waals surface area contributed by atoms with Crippen LogP contribution >= 0.6 is 0 Å². The Labute approximate surface area is 129 Å². The molecule has 0 radical (unpaired) electrons. The Morgan fingerprint density at radius 2 is 2.09 bits per heavy atom. The van der Waals surface area contributed by atoms with E-state index in [0.717, 1.165) is 0 Å². The Balaban J connectivity index is 2.23. The monoisotopic (exact) mass is 326 g/mol. The molecular weight excluding hydrogens is 308 g/mol. The van der Waals surface area contributed by atoms with Gasteiger partial charge < -0.3 is 10.0 Å². The molecule has 1 aromatic carbocycles. The normalized spacial score (nSPS) is 19.0. The number of piperidine rings is 1. The molecule has 0 bridgehead atoms. The van der Waals surface area contributed by atoms with E-state index in [-0.39, 0.29) is 22.9 Å². The molecule has 1 heterocycles. The highest BCUT2D eigenvalue weighted by molar-refractivity contribution is 7.89. The third-order valence-electron chi connectivity index (χ3n) is 3.72. The van der Waals surface area contributed by atoms with Crippen molar-refractivity contribution in [3.05, 3.63) is 29.8 Å². The van der Waals surface area contributed by atoms with Gasteiger partial charge in [-0.2, -0.15) is 0 Å². The maximum Gasteiger partial charge on any atom is 0.308 e. The van der Waals surface area contributed by atoms with E-state index in [1.807, 2.05) is 0 Å². The maximum absolute atomic E-state index is 12.5. The first-order chi connectivity index (χ1) is 10.3. The molecule has 22 heavy (non-hydrogen) atoms. The summed E-state index contributed by atoms with van der Waals surface area (Å²) in [5.74, 6) is -1.83. The lowest BCUT2D eigenvalue weighted by Crippen LogP contribution is -2.42. The molecule has 1 aliphatic heterocycles. The minimum Gasteiger partial charge on any atom is -0.481 e. The van der Waals surface area contributed by atoms with E-state index in [2.05, 4.69) is 4.72 Å². The number of hydrogen-bond donors (Lipinski definition) is 2. The van der Waals surface area contributed by atoms with Gasteiger partial charge in [0.2, 0.25) is 10.0 Å². The van der Waals surface area contributed by atoms with Gasteiger partial charge in [-0.15, -0.1) is 0 Å². The van der Waals surface area contributed by atoms with Crippen LogP contribution < -0.4 is 4.72 Å². The summed E-state index contributed by atoms with van der Waals surface area (Å²) in [4.78, 5) is 25.0. The number of carbonyl (C=O) groups excluding carboxylic acids is 1. The number of sulfonamides is 1. The highest BCUT2D eigenvalue weighted by atomic mass is 32.2. The Morgan fingerprint density at radius 1 is 1.36 bits per heavy atom. The fraction of sp³-hybridized carbons (Fsp3) is 0.429. The van der Waals surface area contributed by atoms with Crippen LogP contribution in [0.4, 0.5) is 0 Å². The summed E-state index contributed by atoms with van der Waals surface area (Å²) in [5, 5.41) is 9.07. The Morgan fingerprint density at radius 3 is 2.73 bits per heavy atom. The number of carboxylic acid groups (broad SMARTS) is 1. The number of benzene rings is 1. The van der Waals surface area contributed by atoms with Crippen molar-refractivity contribution in [2.75, 3.05) is 20.1 Å². The third kappa shape index (κ3) is 3.45. The molecule has 1 amide bonds. The number of hydrogen-bond acceptors (Lipinski definition) is 4. The summed E-state index contributed by atoms with van der Waals surface area (Å²) >= 11 is 0. The Hall–Kier alpha value is -1.93. The molecule has 1 aliphatic rings. The predicted octanol–water partition coefficient (Wildman–Crippen LogP) is 0.531. The van der Waals surface area contributed by atoms with Crippen molar-refractivity contribution in [3.63, 3.8) is 0 Å². The van der Waals surface area contributed by atoms with Crippen LogP contribution in [0.2, 0.25) is 0 Å². The molecule has 1 atom stereocenters. The number of rotatable bonds is 4. The summed E-state index contributed by atoms with van der Waals surface area (Å²) < 4.78 is 25.8. The molecule has 2 N–H and O–H groups in total. The van der Waals surface area contributed by atoms with Gasteiger partial charge in [0, 0.05) is 18.7 Å². The number of carbonyl (C=O) groups is 2. The average Bonchev–Trinajstić information content (AvgIpc) is 2.54. The first kappa shape index (κ1) is 16.4. The van der Waals surface area contributed by atoms with Crippen LogP contribution in [0.5, 0.6) is 0 Å². The predicted molar refractivity (Wildman–Crippen MR) is 79.0 cm³/mol. The van der Waals surface area contributed by atoms with Gasteiger partial charge in [0.05, 0.1) is 10.8 Å². The fourth-order valence-corrected chi connectivity index (χ4v) is 3.24. The topological polar surface area (TPSA) is 104 Å². The van der Waals surface area contributed by atoms with Crippen molar-refractivity contribution >= 4 is 21.9 Å². The molecular formula is C14H18N2O5S. The van der Waals surface area contributed by atoms with Gasteiger partial charge >= 0.3 is 5.97 Å². The number of nitrogens with one attached hydrogen (secondary N) is 1. The molecule has 120 valence electrons. The second-order valence-corrected chi connectivity index (χ2v) is 7.05. The molecule has 0 aliphatic carbocycles. The lowest BCUT2D eigenvalue weighted by molar-refractivity contribution is -0.143. The molecule has 0 spiro atoms. The molecule has 0 aromatic heterocycles. The van der Waals surface area contributed by atoms with E-state index in [1.165, 1.54) is 36.2 Å². The van der Waals surface area contributed by atoms with Gasteiger partial charge in [-0.05, 0) is 38.1 Å². The minimum atomic E-state index is -3.62. The van der Waals surface area contributed by atoms with E-state index in [0.29, 0.717) is 19.4 Å². The zero-order valence-corrected chi connectivity index (χ0v) is 13.0. The fourth-order valence-electron chi connectivity index (χ4n) is 2.46. The van der Waals surface area contributed by atoms with E-state index in [4.69, 9.17) is 5.11 Å². The number of nitrogens with zero attached hydrogens (tertiary/aromatic N) is 1. The number of carboxylic acids is 1. The molecule has 1 saturated heterocycles. The van der Waals surface area contributed by atoms with Crippen LogP contribution in [0.15, 0.2) is 29.2 Å². The quantitative estimate of drug-likeness (QED) is 0.840. The molecule has 1 fully saturated rings. The van der Waals surface area contributed by atoms with Crippen molar-refractivity contribution < 1.29 is 23.1 Å². The molecule has 8 heteroatoms. The molecule has 7 nitrogen and oxygen atoms in total. The maximum atomic E-state index is 12.5. The average molecular weight is 326 g/mol. The number of amides is 1. The van der Waals surface area contributed by atoms with Gasteiger partial charge in [0.25, 0.3) is 5.91 Å². The van der Waals surface area contributed by atoms with Crippen LogP contribution in [-0.4, -0.2) is 50.4 Å². The molecule has 0 unspecified atom stereocenters. The lowest BCUT2D eigenvalue weighted by atomic mass is 9.97.